The largest absolute Gasteiger partial charge is 0.383 e. The summed E-state index contributed by atoms with van der Waals surface area (Å²) in [7, 11) is 1.69. The first-order valence-corrected chi connectivity index (χ1v) is 7.43. The zero-order valence-electron chi connectivity index (χ0n) is 13.5. The van der Waals surface area contributed by atoms with E-state index < -0.39 is 0 Å². The molecule has 2 aromatic rings. The third kappa shape index (κ3) is 6.57. The Morgan fingerprint density at radius 1 is 1.26 bits per heavy atom. The van der Waals surface area contributed by atoms with Crippen LogP contribution in [0, 0.1) is 0 Å². The van der Waals surface area contributed by atoms with Gasteiger partial charge in [-0.25, -0.2) is 9.67 Å². The maximum Gasteiger partial charge on any atom is 0.191 e. The first kappa shape index (κ1) is 19.4. The Morgan fingerprint density at radius 3 is 2.65 bits per heavy atom. The highest BCUT2D eigenvalue weighted by atomic mass is 127. The number of halogens is 1. The Labute approximate surface area is 154 Å². The summed E-state index contributed by atoms with van der Waals surface area (Å²) in [5.74, 6) is 0.802. The van der Waals surface area contributed by atoms with Gasteiger partial charge in [-0.3, -0.25) is 0 Å². The van der Waals surface area contributed by atoms with Gasteiger partial charge in [-0.05, 0) is 30.7 Å². The highest BCUT2D eigenvalue weighted by Gasteiger charge is 1.99. The van der Waals surface area contributed by atoms with Crippen molar-refractivity contribution in [2.45, 2.75) is 13.5 Å². The van der Waals surface area contributed by atoms with E-state index in [1.54, 1.807) is 13.3 Å². The lowest BCUT2D eigenvalue weighted by atomic mass is 10.2. The molecular weight excluding hydrogens is 405 g/mol. The Morgan fingerprint density at radius 2 is 2.04 bits per heavy atom. The van der Waals surface area contributed by atoms with Crippen molar-refractivity contribution in [3.05, 3.63) is 48.3 Å². The van der Waals surface area contributed by atoms with Crippen molar-refractivity contribution in [2.75, 3.05) is 26.8 Å². The van der Waals surface area contributed by atoms with E-state index in [4.69, 9.17) is 4.74 Å². The molecule has 126 valence electrons. The Kier molecular flexibility index (Phi) is 9.30. The number of guanidine groups is 1. The van der Waals surface area contributed by atoms with Crippen LogP contribution in [0.15, 0.2) is 47.7 Å². The molecule has 0 aliphatic heterocycles. The molecule has 0 fully saturated rings. The first-order valence-electron chi connectivity index (χ1n) is 7.43. The molecule has 0 amide bonds. The molecule has 2 rings (SSSR count). The van der Waals surface area contributed by atoms with Crippen LogP contribution in [0.1, 0.15) is 12.5 Å². The number of aromatic nitrogens is 2. The second kappa shape index (κ2) is 11.0. The minimum absolute atomic E-state index is 0. The minimum Gasteiger partial charge on any atom is -0.383 e. The van der Waals surface area contributed by atoms with Gasteiger partial charge in [0.1, 0.15) is 0 Å². The molecule has 1 aromatic heterocycles. The number of methoxy groups -OCH3 is 1. The van der Waals surface area contributed by atoms with Gasteiger partial charge in [0.05, 0.1) is 18.8 Å². The third-order valence-corrected chi connectivity index (χ3v) is 3.07. The van der Waals surface area contributed by atoms with E-state index in [1.807, 2.05) is 36.0 Å². The quantitative estimate of drug-likeness (QED) is 0.307. The van der Waals surface area contributed by atoms with Crippen molar-refractivity contribution in [1.82, 2.24) is 20.4 Å². The number of nitrogens with one attached hydrogen (secondary N) is 2. The zero-order valence-corrected chi connectivity index (χ0v) is 15.9. The molecular formula is C16H24IN5O. The molecule has 7 heteroatoms. The summed E-state index contributed by atoms with van der Waals surface area (Å²) >= 11 is 0. The second-order valence-corrected chi connectivity index (χ2v) is 4.73. The molecule has 0 spiro atoms. The van der Waals surface area contributed by atoms with Crippen LogP contribution in [0.2, 0.25) is 0 Å². The molecule has 0 saturated heterocycles. The average Bonchev–Trinajstić information content (AvgIpc) is 3.08. The van der Waals surface area contributed by atoms with E-state index in [0.717, 1.165) is 30.3 Å². The fraction of sp³-hybridized carbons (Fsp3) is 0.375. The standard InChI is InChI=1S/C16H23N5O.HI/c1-3-17-16(18-10-12-22-2)19-13-14-5-7-15(8-6-14)21-11-4-9-20-21;/h4-9,11H,3,10,12-13H2,1-2H3,(H2,17,18,19);1H. The van der Waals surface area contributed by atoms with Gasteiger partial charge in [0.2, 0.25) is 0 Å². The van der Waals surface area contributed by atoms with E-state index in [0.29, 0.717) is 13.2 Å². The lowest BCUT2D eigenvalue weighted by Gasteiger charge is -2.10. The van der Waals surface area contributed by atoms with Crippen LogP contribution >= 0.6 is 24.0 Å². The molecule has 0 aliphatic carbocycles. The lowest BCUT2D eigenvalue weighted by molar-refractivity contribution is 0.203. The molecule has 0 atom stereocenters. The van der Waals surface area contributed by atoms with Crippen molar-refractivity contribution in [3.63, 3.8) is 0 Å². The van der Waals surface area contributed by atoms with Crippen LogP contribution in [0.25, 0.3) is 5.69 Å². The van der Waals surface area contributed by atoms with Crippen molar-refractivity contribution in [1.29, 1.82) is 0 Å². The number of hydrogen-bond donors (Lipinski definition) is 2. The van der Waals surface area contributed by atoms with Crippen molar-refractivity contribution in [2.24, 2.45) is 4.99 Å². The molecule has 0 unspecified atom stereocenters. The first-order chi connectivity index (χ1) is 10.8. The van der Waals surface area contributed by atoms with Crippen LogP contribution in [0.5, 0.6) is 0 Å². The summed E-state index contributed by atoms with van der Waals surface area (Å²) < 4.78 is 6.86. The molecule has 2 N–H and O–H groups in total. The number of hydrogen-bond acceptors (Lipinski definition) is 3. The number of benzene rings is 1. The van der Waals surface area contributed by atoms with Crippen molar-refractivity contribution < 1.29 is 4.74 Å². The summed E-state index contributed by atoms with van der Waals surface area (Å²) in [5.41, 5.74) is 2.20. The van der Waals surface area contributed by atoms with Gasteiger partial charge in [0, 0.05) is 32.6 Å². The fourth-order valence-electron chi connectivity index (χ4n) is 1.96. The zero-order chi connectivity index (χ0) is 15.6. The molecule has 1 heterocycles. The van der Waals surface area contributed by atoms with Crippen LogP contribution in [0.3, 0.4) is 0 Å². The smallest absolute Gasteiger partial charge is 0.191 e. The lowest BCUT2D eigenvalue weighted by Crippen LogP contribution is -2.38. The van der Waals surface area contributed by atoms with Gasteiger partial charge >= 0.3 is 0 Å². The van der Waals surface area contributed by atoms with Crippen LogP contribution in [-0.4, -0.2) is 42.5 Å². The highest BCUT2D eigenvalue weighted by molar-refractivity contribution is 14.0. The van der Waals surface area contributed by atoms with Crippen molar-refractivity contribution >= 4 is 29.9 Å². The molecule has 23 heavy (non-hydrogen) atoms. The number of rotatable bonds is 7. The Balaban J connectivity index is 0.00000264. The summed E-state index contributed by atoms with van der Waals surface area (Å²) in [6, 6.07) is 10.1. The van der Waals surface area contributed by atoms with Crippen LogP contribution < -0.4 is 10.6 Å². The molecule has 0 aliphatic rings. The van der Waals surface area contributed by atoms with Crippen molar-refractivity contribution in [3.8, 4) is 5.69 Å². The fourth-order valence-corrected chi connectivity index (χ4v) is 1.96. The SMILES string of the molecule is CCNC(=NCc1ccc(-n2cccn2)cc1)NCCOC.I. The topological polar surface area (TPSA) is 63.5 Å². The van der Waals surface area contributed by atoms with Gasteiger partial charge < -0.3 is 15.4 Å². The van der Waals surface area contributed by atoms with Gasteiger partial charge in [-0.2, -0.15) is 5.10 Å². The van der Waals surface area contributed by atoms with E-state index in [1.165, 1.54) is 0 Å². The van der Waals surface area contributed by atoms with E-state index in [2.05, 4.69) is 32.9 Å². The summed E-state index contributed by atoms with van der Waals surface area (Å²) in [6.07, 6.45) is 3.70. The normalized spacial score (nSPS) is 11.0. The Bertz CT molecular complexity index is 569. The summed E-state index contributed by atoms with van der Waals surface area (Å²) in [5, 5.41) is 10.7. The average molecular weight is 429 g/mol. The number of ether oxygens (including phenoxy) is 1. The Hall–Kier alpha value is -1.61. The molecule has 0 saturated carbocycles. The molecule has 1 aromatic carbocycles. The maximum atomic E-state index is 5.03. The third-order valence-electron chi connectivity index (χ3n) is 3.07. The van der Waals surface area contributed by atoms with Gasteiger partial charge in [0.25, 0.3) is 0 Å². The number of aliphatic imine (C=N–C) groups is 1. The molecule has 0 radical (unpaired) electrons. The van der Waals surface area contributed by atoms with Gasteiger partial charge in [-0.1, -0.05) is 12.1 Å². The predicted octanol–water partition coefficient (Wildman–Crippen LogP) is 2.19. The number of nitrogens with zero attached hydrogens (tertiary/aromatic N) is 3. The van der Waals surface area contributed by atoms with E-state index >= 15 is 0 Å². The van der Waals surface area contributed by atoms with Gasteiger partial charge in [0.15, 0.2) is 5.96 Å². The van der Waals surface area contributed by atoms with E-state index in [9.17, 15) is 0 Å². The minimum atomic E-state index is 0. The second-order valence-electron chi connectivity index (χ2n) is 4.73. The molecule has 6 nitrogen and oxygen atoms in total. The van der Waals surface area contributed by atoms with Crippen LogP contribution in [-0.2, 0) is 11.3 Å². The predicted molar refractivity (Wildman–Crippen MR) is 104 cm³/mol. The maximum absolute atomic E-state index is 5.03. The highest BCUT2D eigenvalue weighted by Crippen LogP contribution is 2.09. The summed E-state index contributed by atoms with van der Waals surface area (Å²) in [6.45, 7) is 4.90. The van der Waals surface area contributed by atoms with Gasteiger partial charge in [-0.15, -0.1) is 24.0 Å². The van der Waals surface area contributed by atoms with E-state index in [-0.39, 0.29) is 24.0 Å². The monoisotopic (exact) mass is 429 g/mol. The van der Waals surface area contributed by atoms with Crippen LogP contribution in [0.4, 0.5) is 0 Å². The molecule has 0 bridgehead atoms. The summed E-state index contributed by atoms with van der Waals surface area (Å²) in [4.78, 5) is 4.56.